The maximum atomic E-state index is 12.3. The number of carbonyl (C=O) groups excluding carboxylic acids is 1. The first kappa shape index (κ1) is 15.8. The number of likely N-dealkylation sites (tertiary alicyclic amines) is 2. The first-order chi connectivity index (χ1) is 9.56. The van der Waals surface area contributed by atoms with Crippen molar-refractivity contribution in [1.82, 2.24) is 15.1 Å². The summed E-state index contributed by atoms with van der Waals surface area (Å²) in [6, 6.07) is 0.495. The van der Waals surface area contributed by atoms with Gasteiger partial charge < -0.3 is 15.1 Å². The molecule has 2 rings (SSSR count). The molecule has 4 heteroatoms. The first-order valence-corrected chi connectivity index (χ1v) is 8.33. The number of hydrogen-bond acceptors (Lipinski definition) is 3. The molecule has 2 saturated heterocycles. The predicted octanol–water partition coefficient (Wildman–Crippen LogP) is 1.71. The summed E-state index contributed by atoms with van der Waals surface area (Å²) >= 11 is 0. The van der Waals surface area contributed by atoms with Crippen LogP contribution in [0.2, 0.25) is 0 Å². The Bertz CT molecular complexity index is 305. The van der Waals surface area contributed by atoms with Crippen LogP contribution in [0.15, 0.2) is 0 Å². The highest BCUT2D eigenvalue weighted by molar-refractivity contribution is 5.81. The lowest BCUT2D eigenvalue weighted by molar-refractivity contribution is -0.132. The van der Waals surface area contributed by atoms with Gasteiger partial charge in [-0.25, -0.2) is 0 Å². The van der Waals surface area contributed by atoms with Crippen molar-refractivity contribution in [2.75, 3.05) is 32.7 Å². The van der Waals surface area contributed by atoms with Crippen molar-refractivity contribution in [2.45, 2.75) is 58.5 Å². The highest BCUT2D eigenvalue weighted by Crippen LogP contribution is 2.14. The topological polar surface area (TPSA) is 35.6 Å². The number of amides is 1. The van der Waals surface area contributed by atoms with Gasteiger partial charge in [0.25, 0.3) is 0 Å². The summed E-state index contributed by atoms with van der Waals surface area (Å²) in [7, 11) is 0. The fraction of sp³-hybridized carbons (Fsp3) is 0.938. The Hall–Kier alpha value is -0.610. The van der Waals surface area contributed by atoms with E-state index in [9.17, 15) is 4.79 Å². The third-order valence-corrected chi connectivity index (χ3v) is 4.48. The van der Waals surface area contributed by atoms with Crippen LogP contribution in [-0.2, 0) is 4.79 Å². The van der Waals surface area contributed by atoms with Crippen molar-refractivity contribution >= 4 is 5.91 Å². The van der Waals surface area contributed by atoms with E-state index in [2.05, 4.69) is 24.1 Å². The molecule has 116 valence electrons. The minimum absolute atomic E-state index is 0.0188. The van der Waals surface area contributed by atoms with E-state index in [-0.39, 0.29) is 6.04 Å². The summed E-state index contributed by atoms with van der Waals surface area (Å²) in [5, 5.41) is 3.55. The Morgan fingerprint density at radius 2 is 1.70 bits per heavy atom. The van der Waals surface area contributed by atoms with Crippen molar-refractivity contribution in [3.8, 4) is 0 Å². The molecule has 1 N–H and O–H groups in total. The van der Waals surface area contributed by atoms with Gasteiger partial charge in [0.05, 0.1) is 6.04 Å². The Morgan fingerprint density at radius 3 is 2.25 bits per heavy atom. The van der Waals surface area contributed by atoms with Crippen LogP contribution in [0, 0.1) is 5.92 Å². The molecule has 0 aromatic carbocycles. The summed E-state index contributed by atoms with van der Waals surface area (Å²) in [6.45, 7) is 12.0. The number of rotatable bonds is 5. The zero-order valence-electron chi connectivity index (χ0n) is 13.4. The molecule has 2 fully saturated rings. The second kappa shape index (κ2) is 7.41. The summed E-state index contributed by atoms with van der Waals surface area (Å²) in [4.78, 5) is 16.9. The van der Waals surface area contributed by atoms with Gasteiger partial charge >= 0.3 is 0 Å². The molecule has 2 heterocycles. The molecule has 1 amide bonds. The van der Waals surface area contributed by atoms with E-state index in [1.807, 2.05) is 11.8 Å². The molecular weight excluding hydrogens is 250 g/mol. The van der Waals surface area contributed by atoms with Crippen LogP contribution >= 0.6 is 0 Å². The molecular formula is C16H31N3O. The molecule has 0 spiro atoms. The molecule has 1 atom stereocenters. The van der Waals surface area contributed by atoms with E-state index in [1.54, 1.807) is 0 Å². The van der Waals surface area contributed by atoms with E-state index in [1.165, 1.54) is 45.3 Å². The lowest BCUT2D eigenvalue weighted by atomic mass is 10.0. The van der Waals surface area contributed by atoms with Crippen molar-refractivity contribution in [3.63, 3.8) is 0 Å². The standard InChI is InChI=1S/C16H31N3O/c1-13(2)12-18-10-6-15(7-11-18)17-14(3)16(20)19-8-4-5-9-19/h13-15,17H,4-12H2,1-3H3. The largest absolute Gasteiger partial charge is 0.341 e. The molecule has 0 radical (unpaired) electrons. The molecule has 2 aliphatic rings. The van der Waals surface area contributed by atoms with Gasteiger partial charge in [-0.2, -0.15) is 0 Å². The predicted molar refractivity (Wildman–Crippen MR) is 82.7 cm³/mol. The lowest BCUT2D eigenvalue weighted by Gasteiger charge is -2.35. The van der Waals surface area contributed by atoms with Crippen LogP contribution in [0.25, 0.3) is 0 Å². The van der Waals surface area contributed by atoms with E-state index >= 15 is 0 Å². The zero-order valence-corrected chi connectivity index (χ0v) is 13.4. The summed E-state index contributed by atoms with van der Waals surface area (Å²) < 4.78 is 0. The monoisotopic (exact) mass is 281 g/mol. The third kappa shape index (κ3) is 4.45. The van der Waals surface area contributed by atoms with Crippen LogP contribution in [0.4, 0.5) is 0 Å². The van der Waals surface area contributed by atoms with Crippen molar-refractivity contribution in [1.29, 1.82) is 0 Å². The van der Waals surface area contributed by atoms with Gasteiger partial charge in [-0.1, -0.05) is 13.8 Å². The number of piperidine rings is 1. The maximum absolute atomic E-state index is 12.3. The van der Waals surface area contributed by atoms with Crippen LogP contribution in [-0.4, -0.2) is 60.5 Å². The minimum Gasteiger partial charge on any atom is -0.341 e. The normalized spacial score (nSPS) is 23.5. The SMILES string of the molecule is CC(C)CN1CCC(NC(C)C(=O)N2CCCC2)CC1. The van der Waals surface area contributed by atoms with Gasteiger partial charge in [0.2, 0.25) is 5.91 Å². The second-order valence-electron chi connectivity index (χ2n) is 6.89. The van der Waals surface area contributed by atoms with Crippen molar-refractivity contribution in [3.05, 3.63) is 0 Å². The molecule has 4 nitrogen and oxygen atoms in total. The van der Waals surface area contributed by atoms with Crippen LogP contribution in [0.1, 0.15) is 46.5 Å². The molecule has 20 heavy (non-hydrogen) atoms. The molecule has 2 aliphatic heterocycles. The number of nitrogens with one attached hydrogen (secondary N) is 1. The van der Waals surface area contributed by atoms with Gasteiger partial charge in [-0.15, -0.1) is 0 Å². The van der Waals surface area contributed by atoms with Crippen molar-refractivity contribution in [2.24, 2.45) is 5.92 Å². The summed E-state index contributed by atoms with van der Waals surface area (Å²) in [5.74, 6) is 1.04. The van der Waals surface area contributed by atoms with Gasteiger partial charge in [-0.05, 0) is 51.6 Å². The quantitative estimate of drug-likeness (QED) is 0.833. The minimum atomic E-state index is -0.0188. The average Bonchev–Trinajstić information content (AvgIpc) is 2.93. The smallest absolute Gasteiger partial charge is 0.239 e. The fourth-order valence-corrected chi connectivity index (χ4v) is 3.43. The third-order valence-electron chi connectivity index (χ3n) is 4.48. The van der Waals surface area contributed by atoms with Gasteiger partial charge in [0, 0.05) is 25.7 Å². The molecule has 0 saturated carbocycles. The lowest BCUT2D eigenvalue weighted by Crippen LogP contribution is -2.51. The van der Waals surface area contributed by atoms with E-state index in [0.717, 1.165) is 19.0 Å². The zero-order chi connectivity index (χ0) is 14.5. The number of carbonyl (C=O) groups is 1. The Labute approximate surface area is 123 Å². The Kier molecular flexibility index (Phi) is 5.85. The molecule has 0 aromatic heterocycles. The van der Waals surface area contributed by atoms with Crippen LogP contribution < -0.4 is 5.32 Å². The van der Waals surface area contributed by atoms with Gasteiger partial charge in [0.1, 0.15) is 0 Å². The van der Waals surface area contributed by atoms with Gasteiger partial charge in [0.15, 0.2) is 0 Å². The molecule has 0 bridgehead atoms. The second-order valence-corrected chi connectivity index (χ2v) is 6.89. The Morgan fingerprint density at radius 1 is 1.10 bits per heavy atom. The highest BCUT2D eigenvalue weighted by atomic mass is 16.2. The van der Waals surface area contributed by atoms with Crippen LogP contribution in [0.5, 0.6) is 0 Å². The highest BCUT2D eigenvalue weighted by Gasteiger charge is 2.26. The fourth-order valence-electron chi connectivity index (χ4n) is 3.43. The first-order valence-electron chi connectivity index (χ1n) is 8.33. The Balaban J connectivity index is 1.70. The summed E-state index contributed by atoms with van der Waals surface area (Å²) in [6.07, 6.45) is 4.69. The summed E-state index contributed by atoms with van der Waals surface area (Å²) in [5.41, 5.74) is 0. The van der Waals surface area contributed by atoms with Crippen molar-refractivity contribution < 1.29 is 4.79 Å². The number of nitrogens with zero attached hydrogens (tertiary/aromatic N) is 2. The van der Waals surface area contributed by atoms with E-state index in [0.29, 0.717) is 11.9 Å². The van der Waals surface area contributed by atoms with Crippen LogP contribution in [0.3, 0.4) is 0 Å². The number of hydrogen-bond donors (Lipinski definition) is 1. The molecule has 0 aromatic rings. The van der Waals surface area contributed by atoms with E-state index < -0.39 is 0 Å². The molecule has 1 unspecified atom stereocenters. The van der Waals surface area contributed by atoms with Gasteiger partial charge in [-0.3, -0.25) is 4.79 Å². The average molecular weight is 281 g/mol. The maximum Gasteiger partial charge on any atom is 0.239 e. The molecule has 0 aliphatic carbocycles. The van der Waals surface area contributed by atoms with E-state index in [4.69, 9.17) is 0 Å².